The predicted molar refractivity (Wildman–Crippen MR) is 77.2 cm³/mol. The molecular weight excluding hydrogens is 260 g/mol. The molecule has 0 spiro atoms. The summed E-state index contributed by atoms with van der Waals surface area (Å²) in [7, 11) is 1.88. The minimum atomic E-state index is 0.218. The number of aromatic nitrogens is 3. The number of rotatable bonds is 6. The molecule has 0 radical (unpaired) electrons. The highest BCUT2D eigenvalue weighted by Gasteiger charge is 2.13. The molecule has 102 valence electrons. The van der Waals surface area contributed by atoms with Gasteiger partial charge in [0.05, 0.1) is 5.69 Å². The summed E-state index contributed by atoms with van der Waals surface area (Å²) < 4.78 is 1.73. The molecule has 0 saturated heterocycles. The lowest BCUT2D eigenvalue weighted by Gasteiger charge is -2.18. The molecule has 0 saturated carbocycles. The van der Waals surface area contributed by atoms with Gasteiger partial charge in [-0.3, -0.25) is 4.68 Å². The first-order valence-electron chi connectivity index (χ1n) is 6.53. The number of nitrogens with one attached hydrogen (secondary N) is 1. The number of hydrogen-bond acceptors (Lipinski definition) is 3. The topological polar surface area (TPSA) is 42.7 Å². The normalized spacial score (nSPS) is 12.6. The molecule has 1 aromatic carbocycles. The summed E-state index contributed by atoms with van der Waals surface area (Å²) >= 11 is 6.07. The van der Waals surface area contributed by atoms with Crippen LogP contribution in [-0.4, -0.2) is 21.5 Å². The van der Waals surface area contributed by atoms with Gasteiger partial charge in [-0.15, -0.1) is 5.10 Å². The van der Waals surface area contributed by atoms with Crippen LogP contribution in [0.5, 0.6) is 0 Å². The molecule has 0 amide bonds. The van der Waals surface area contributed by atoms with E-state index >= 15 is 0 Å². The largest absolute Gasteiger partial charge is 0.310 e. The van der Waals surface area contributed by atoms with Crippen molar-refractivity contribution >= 4 is 11.6 Å². The third kappa shape index (κ3) is 4.04. The van der Waals surface area contributed by atoms with Gasteiger partial charge in [-0.05, 0) is 30.7 Å². The summed E-state index contributed by atoms with van der Waals surface area (Å²) in [4.78, 5) is 0. The zero-order valence-corrected chi connectivity index (χ0v) is 12.1. The number of halogens is 1. The molecule has 1 aromatic heterocycles. The van der Waals surface area contributed by atoms with Crippen molar-refractivity contribution in [2.24, 2.45) is 7.05 Å². The van der Waals surface area contributed by atoms with Crippen molar-refractivity contribution in [3.05, 3.63) is 46.7 Å². The third-order valence-corrected chi connectivity index (χ3v) is 3.19. The fraction of sp³-hybridized carbons (Fsp3) is 0.429. The molecule has 0 aliphatic rings. The SMILES string of the molecule is CCCNC(Cc1cn(C)nn1)c1cccc(Cl)c1. The predicted octanol–water partition coefficient (Wildman–Crippen LogP) is 2.75. The van der Waals surface area contributed by atoms with Gasteiger partial charge in [-0.25, -0.2) is 0 Å². The maximum absolute atomic E-state index is 6.07. The first kappa shape index (κ1) is 14.0. The zero-order valence-electron chi connectivity index (χ0n) is 11.3. The summed E-state index contributed by atoms with van der Waals surface area (Å²) in [6.45, 7) is 3.13. The highest BCUT2D eigenvalue weighted by molar-refractivity contribution is 6.30. The molecule has 1 heterocycles. The summed E-state index contributed by atoms with van der Waals surface area (Å²) in [6, 6.07) is 8.19. The van der Waals surface area contributed by atoms with Gasteiger partial charge in [-0.1, -0.05) is 35.9 Å². The van der Waals surface area contributed by atoms with Crippen LogP contribution in [0.15, 0.2) is 30.5 Å². The van der Waals surface area contributed by atoms with Crippen LogP contribution in [0.2, 0.25) is 5.02 Å². The Labute approximate surface area is 118 Å². The molecular formula is C14H19ClN4. The molecule has 0 bridgehead atoms. The van der Waals surface area contributed by atoms with Crippen LogP contribution in [-0.2, 0) is 13.5 Å². The Kier molecular flexibility index (Phi) is 4.93. The van der Waals surface area contributed by atoms with Crippen LogP contribution in [0.25, 0.3) is 0 Å². The molecule has 19 heavy (non-hydrogen) atoms. The second-order valence-corrected chi connectivity index (χ2v) is 5.09. The van der Waals surface area contributed by atoms with Gasteiger partial charge < -0.3 is 5.32 Å². The van der Waals surface area contributed by atoms with Gasteiger partial charge in [0.1, 0.15) is 0 Å². The number of aryl methyl sites for hydroxylation is 1. The minimum absolute atomic E-state index is 0.218. The zero-order chi connectivity index (χ0) is 13.7. The second kappa shape index (κ2) is 6.68. The molecule has 1 atom stereocenters. The van der Waals surface area contributed by atoms with Gasteiger partial charge in [-0.2, -0.15) is 0 Å². The molecule has 0 fully saturated rings. The van der Waals surface area contributed by atoms with E-state index in [9.17, 15) is 0 Å². The summed E-state index contributed by atoms with van der Waals surface area (Å²) in [5, 5.41) is 12.4. The van der Waals surface area contributed by atoms with Crippen molar-refractivity contribution in [2.45, 2.75) is 25.8 Å². The first-order valence-corrected chi connectivity index (χ1v) is 6.91. The van der Waals surface area contributed by atoms with Crippen LogP contribution in [0, 0.1) is 0 Å². The number of benzene rings is 1. The Morgan fingerprint density at radius 3 is 2.89 bits per heavy atom. The lowest BCUT2D eigenvalue weighted by atomic mass is 10.0. The van der Waals surface area contributed by atoms with Crippen molar-refractivity contribution in [1.29, 1.82) is 0 Å². The van der Waals surface area contributed by atoms with Crippen molar-refractivity contribution in [2.75, 3.05) is 6.54 Å². The quantitative estimate of drug-likeness (QED) is 0.883. The molecule has 0 aliphatic heterocycles. The fourth-order valence-corrected chi connectivity index (χ4v) is 2.25. The second-order valence-electron chi connectivity index (χ2n) is 4.65. The van der Waals surface area contributed by atoms with Crippen LogP contribution >= 0.6 is 11.6 Å². The Balaban J connectivity index is 2.15. The van der Waals surface area contributed by atoms with Crippen molar-refractivity contribution in [1.82, 2.24) is 20.3 Å². The van der Waals surface area contributed by atoms with E-state index in [0.29, 0.717) is 0 Å². The van der Waals surface area contributed by atoms with E-state index in [1.165, 1.54) is 5.56 Å². The van der Waals surface area contributed by atoms with Crippen LogP contribution < -0.4 is 5.32 Å². The molecule has 5 heteroatoms. The molecule has 2 rings (SSSR count). The number of hydrogen-bond donors (Lipinski definition) is 1. The van der Waals surface area contributed by atoms with Gasteiger partial charge >= 0.3 is 0 Å². The molecule has 0 aliphatic carbocycles. The van der Waals surface area contributed by atoms with Crippen LogP contribution in [0.4, 0.5) is 0 Å². The monoisotopic (exact) mass is 278 g/mol. The summed E-state index contributed by atoms with van der Waals surface area (Å²) in [5.41, 5.74) is 2.17. The molecule has 4 nitrogen and oxygen atoms in total. The van der Waals surface area contributed by atoms with E-state index in [-0.39, 0.29) is 6.04 Å². The summed E-state index contributed by atoms with van der Waals surface area (Å²) in [5.74, 6) is 0. The van der Waals surface area contributed by atoms with Crippen molar-refractivity contribution in [3.8, 4) is 0 Å². The van der Waals surface area contributed by atoms with Gasteiger partial charge in [0.25, 0.3) is 0 Å². The van der Waals surface area contributed by atoms with E-state index in [4.69, 9.17) is 11.6 Å². The highest BCUT2D eigenvalue weighted by Crippen LogP contribution is 2.20. The maximum atomic E-state index is 6.07. The Hall–Kier alpha value is -1.39. The average Bonchev–Trinajstić information content (AvgIpc) is 2.80. The van der Waals surface area contributed by atoms with E-state index in [1.54, 1.807) is 4.68 Å². The van der Waals surface area contributed by atoms with Gasteiger partial charge in [0.15, 0.2) is 0 Å². The smallest absolute Gasteiger partial charge is 0.0845 e. The average molecular weight is 279 g/mol. The van der Waals surface area contributed by atoms with Crippen LogP contribution in [0.3, 0.4) is 0 Å². The van der Waals surface area contributed by atoms with E-state index in [0.717, 1.165) is 30.1 Å². The molecule has 1 N–H and O–H groups in total. The Morgan fingerprint density at radius 1 is 1.42 bits per heavy atom. The molecule has 2 aromatic rings. The van der Waals surface area contributed by atoms with Crippen molar-refractivity contribution < 1.29 is 0 Å². The lowest BCUT2D eigenvalue weighted by Crippen LogP contribution is -2.24. The minimum Gasteiger partial charge on any atom is -0.310 e. The Morgan fingerprint density at radius 2 is 2.26 bits per heavy atom. The van der Waals surface area contributed by atoms with Crippen LogP contribution in [0.1, 0.15) is 30.6 Å². The standard InChI is InChI=1S/C14H19ClN4/c1-3-7-16-14(9-13-10-19(2)18-17-13)11-5-4-6-12(15)8-11/h4-6,8,10,14,16H,3,7,9H2,1-2H3. The van der Waals surface area contributed by atoms with Gasteiger partial charge in [0, 0.05) is 30.7 Å². The maximum Gasteiger partial charge on any atom is 0.0845 e. The van der Waals surface area contributed by atoms with Crippen molar-refractivity contribution in [3.63, 3.8) is 0 Å². The third-order valence-electron chi connectivity index (χ3n) is 2.96. The van der Waals surface area contributed by atoms with E-state index in [2.05, 4.69) is 28.6 Å². The Bertz CT molecular complexity index is 524. The first-order chi connectivity index (χ1) is 9.19. The fourth-order valence-electron chi connectivity index (χ4n) is 2.05. The molecule has 1 unspecified atom stereocenters. The van der Waals surface area contributed by atoms with E-state index < -0.39 is 0 Å². The highest BCUT2D eigenvalue weighted by atomic mass is 35.5. The lowest BCUT2D eigenvalue weighted by molar-refractivity contribution is 0.524. The number of nitrogens with zero attached hydrogens (tertiary/aromatic N) is 3. The van der Waals surface area contributed by atoms with E-state index in [1.807, 2.05) is 31.4 Å². The van der Waals surface area contributed by atoms with Gasteiger partial charge in [0.2, 0.25) is 0 Å². The summed E-state index contributed by atoms with van der Waals surface area (Å²) in [6.07, 6.45) is 3.86.